The molecule has 0 aliphatic rings. The number of thioether (sulfide) groups is 1. The van der Waals surface area contributed by atoms with Crippen LogP contribution in [0.15, 0.2) is 119 Å². The Bertz CT molecular complexity index is 2030. The fourth-order valence-corrected chi connectivity index (χ4v) is 7.41. The summed E-state index contributed by atoms with van der Waals surface area (Å²) in [5.74, 6) is 0.586. The van der Waals surface area contributed by atoms with Gasteiger partial charge in [-0.2, -0.15) is 4.72 Å². The first kappa shape index (κ1) is 30.0. The van der Waals surface area contributed by atoms with E-state index in [0.717, 1.165) is 22.4 Å². The van der Waals surface area contributed by atoms with Gasteiger partial charge in [0.25, 0.3) is 0 Å². The molecule has 7 nitrogen and oxygen atoms in total. The Morgan fingerprint density at radius 2 is 1.68 bits per heavy atom. The number of benzene rings is 4. The SMILES string of the molecule is Cc1ccc(Cl)cc1-n1c(SCc2ccc(F)cc2)nnc1C(Cc1ccccc1)NS(=O)(=O)c1cccc2cccnc12. The lowest BCUT2D eigenvalue weighted by Crippen LogP contribution is -2.32. The second-order valence-corrected chi connectivity index (χ2v) is 13.3. The Labute approximate surface area is 264 Å². The summed E-state index contributed by atoms with van der Waals surface area (Å²) in [6.07, 6.45) is 1.88. The molecule has 0 spiro atoms. The number of hydrogen-bond donors (Lipinski definition) is 1. The van der Waals surface area contributed by atoms with E-state index in [9.17, 15) is 12.8 Å². The molecule has 0 fully saturated rings. The lowest BCUT2D eigenvalue weighted by molar-refractivity contribution is 0.537. The van der Waals surface area contributed by atoms with Crippen molar-refractivity contribution < 1.29 is 12.8 Å². The van der Waals surface area contributed by atoms with Gasteiger partial charge in [-0.3, -0.25) is 9.55 Å². The van der Waals surface area contributed by atoms with Crippen molar-refractivity contribution in [2.24, 2.45) is 0 Å². The van der Waals surface area contributed by atoms with Crippen LogP contribution in [0.2, 0.25) is 5.02 Å². The van der Waals surface area contributed by atoms with Crippen molar-refractivity contribution in [3.8, 4) is 5.69 Å². The maximum atomic E-state index is 14.1. The van der Waals surface area contributed by atoms with Crippen LogP contribution >= 0.6 is 23.4 Å². The largest absolute Gasteiger partial charge is 0.272 e. The number of halogens is 2. The number of aromatic nitrogens is 4. The third-order valence-electron chi connectivity index (χ3n) is 7.13. The number of nitrogens with zero attached hydrogens (tertiary/aromatic N) is 4. The minimum Gasteiger partial charge on any atom is -0.272 e. The van der Waals surface area contributed by atoms with E-state index >= 15 is 0 Å². The Morgan fingerprint density at radius 1 is 0.909 bits per heavy atom. The number of hydrogen-bond acceptors (Lipinski definition) is 6. The van der Waals surface area contributed by atoms with Crippen LogP contribution in [0.25, 0.3) is 16.6 Å². The molecule has 2 heterocycles. The van der Waals surface area contributed by atoms with Gasteiger partial charge in [-0.1, -0.05) is 90.1 Å². The summed E-state index contributed by atoms with van der Waals surface area (Å²) >= 11 is 7.88. The predicted molar refractivity (Wildman–Crippen MR) is 172 cm³/mol. The fourth-order valence-electron chi connectivity index (χ4n) is 4.96. The highest BCUT2D eigenvalue weighted by atomic mass is 35.5. The van der Waals surface area contributed by atoms with E-state index in [1.807, 2.05) is 66.1 Å². The number of para-hydroxylation sites is 1. The van der Waals surface area contributed by atoms with E-state index in [0.29, 0.717) is 39.1 Å². The lowest BCUT2D eigenvalue weighted by atomic mass is 10.1. The number of fused-ring (bicyclic) bond motifs is 1. The second kappa shape index (κ2) is 12.9. The molecular weight excluding hydrogens is 617 g/mol. The van der Waals surface area contributed by atoms with Gasteiger partial charge in [0.05, 0.1) is 17.2 Å². The molecule has 0 amide bonds. The van der Waals surface area contributed by atoms with Crippen molar-refractivity contribution in [3.05, 3.63) is 143 Å². The number of aryl methyl sites for hydroxylation is 1. The highest BCUT2D eigenvalue weighted by molar-refractivity contribution is 7.98. The van der Waals surface area contributed by atoms with Crippen LogP contribution < -0.4 is 4.72 Å². The van der Waals surface area contributed by atoms with E-state index in [2.05, 4.69) is 19.9 Å². The smallest absolute Gasteiger partial charge is 0.243 e. The van der Waals surface area contributed by atoms with Crippen LogP contribution in [0.3, 0.4) is 0 Å². The van der Waals surface area contributed by atoms with Crippen molar-refractivity contribution in [1.29, 1.82) is 0 Å². The number of nitrogens with one attached hydrogen (secondary N) is 1. The first-order chi connectivity index (χ1) is 21.3. The number of rotatable bonds is 10. The first-order valence-electron chi connectivity index (χ1n) is 13.8. The first-order valence-corrected chi connectivity index (χ1v) is 16.6. The molecule has 6 aromatic rings. The van der Waals surface area contributed by atoms with Crippen molar-refractivity contribution in [3.63, 3.8) is 0 Å². The summed E-state index contributed by atoms with van der Waals surface area (Å²) in [4.78, 5) is 4.44. The molecule has 2 aromatic heterocycles. The monoisotopic (exact) mass is 643 g/mol. The quantitative estimate of drug-likeness (QED) is 0.156. The molecule has 1 atom stereocenters. The van der Waals surface area contributed by atoms with E-state index in [4.69, 9.17) is 11.6 Å². The summed E-state index contributed by atoms with van der Waals surface area (Å²) in [6.45, 7) is 1.95. The van der Waals surface area contributed by atoms with Crippen molar-refractivity contribution in [1.82, 2.24) is 24.5 Å². The molecule has 6 rings (SSSR count). The maximum absolute atomic E-state index is 14.1. The normalized spacial score (nSPS) is 12.4. The third-order valence-corrected chi connectivity index (χ3v) is 9.87. The average Bonchev–Trinajstić information content (AvgIpc) is 3.45. The van der Waals surface area contributed by atoms with Crippen molar-refractivity contribution >= 4 is 44.3 Å². The highest BCUT2D eigenvalue weighted by Gasteiger charge is 2.30. The molecular formula is C33H27ClFN5O2S2. The molecule has 0 saturated heterocycles. The van der Waals surface area contributed by atoms with Gasteiger partial charge in [0.2, 0.25) is 10.0 Å². The molecule has 0 saturated carbocycles. The lowest BCUT2D eigenvalue weighted by Gasteiger charge is -2.21. The van der Waals surface area contributed by atoms with E-state index < -0.39 is 16.1 Å². The van der Waals surface area contributed by atoms with Crippen LogP contribution in [0.5, 0.6) is 0 Å². The average molecular weight is 644 g/mol. The van der Waals surface area contributed by atoms with Crippen LogP contribution in [0.1, 0.15) is 28.6 Å². The molecule has 1 N–H and O–H groups in total. The topological polar surface area (TPSA) is 89.8 Å². The van der Waals surface area contributed by atoms with Crippen LogP contribution in [-0.2, 0) is 22.2 Å². The van der Waals surface area contributed by atoms with Gasteiger partial charge in [-0.05, 0) is 66.4 Å². The Morgan fingerprint density at radius 3 is 2.48 bits per heavy atom. The van der Waals surface area contributed by atoms with Crippen LogP contribution in [0.4, 0.5) is 4.39 Å². The molecule has 11 heteroatoms. The zero-order chi connectivity index (χ0) is 30.7. The van der Waals surface area contributed by atoms with E-state index in [1.165, 1.54) is 23.9 Å². The standard InChI is InChI=1S/C33H27ClFN5O2S2/c1-22-12-15-26(34)20-29(22)40-32(37-38-33(40)43-21-24-13-16-27(35)17-14-24)28(19-23-7-3-2-4-8-23)39-44(41,42)30-11-5-9-25-10-6-18-36-31(25)30/h2-18,20,28,39H,19,21H2,1H3. The predicted octanol–water partition coefficient (Wildman–Crippen LogP) is 7.47. The van der Waals surface area contributed by atoms with Crippen LogP contribution in [0, 0.1) is 12.7 Å². The summed E-state index contributed by atoms with van der Waals surface area (Å²) in [6, 6.07) is 29.2. The Hall–Kier alpha value is -4.09. The third kappa shape index (κ3) is 6.53. The Balaban J connectivity index is 1.46. The minimum atomic E-state index is -4.08. The minimum absolute atomic E-state index is 0.0737. The van der Waals surface area contributed by atoms with Crippen molar-refractivity contribution in [2.75, 3.05) is 0 Å². The molecule has 0 aliphatic heterocycles. The summed E-state index contributed by atoms with van der Waals surface area (Å²) < 4.78 is 46.4. The summed E-state index contributed by atoms with van der Waals surface area (Å²) in [5.41, 5.74) is 3.82. The van der Waals surface area contributed by atoms with E-state index in [-0.39, 0.29) is 10.7 Å². The fraction of sp³-hybridized carbons (Fsp3) is 0.121. The van der Waals surface area contributed by atoms with Gasteiger partial charge < -0.3 is 0 Å². The van der Waals surface area contributed by atoms with Gasteiger partial charge >= 0.3 is 0 Å². The maximum Gasteiger partial charge on any atom is 0.243 e. The van der Waals surface area contributed by atoms with Gasteiger partial charge in [-0.15, -0.1) is 10.2 Å². The molecule has 1 unspecified atom stereocenters. The van der Waals surface area contributed by atoms with E-state index in [1.54, 1.807) is 42.6 Å². The summed E-state index contributed by atoms with van der Waals surface area (Å²) in [5, 5.41) is 10.9. The Kier molecular flexibility index (Phi) is 8.76. The molecule has 0 aliphatic carbocycles. The van der Waals surface area contributed by atoms with Crippen LogP contribution in [-0.4, -0.2) is 28.2 Å². The van der Waals surface area contributed by atoms with Crippen molar-refractivity contribution in [2.45, 2.75) is 35.2 Å². The van der Waals surface area contributed by atoms with Gasteiger partial charge in [0.15, 0.2) is 11.0 Å². The highest BCUT2D eigenvalue weighted by Crippen LogP contribution is 2.33. The number of sulfonamides is 1. The molecule has 0 radical (unpaired) electrons. The second-order valence-electron chi connectivity index (χ2n) is 10.2. The molecule has 0 bridgehead atoms. The summed E-state index contributed by atoms with van der Waals surface area (Å²) in [7, 11) is -4.08. The molecule has 44 heavy (non-hydrogen) atoms. The molecule has 4 aromatic carbocycles. The molecule has 222 valence electrons. The zero-order valence-electron chi connectivity index (χ0n) is 23.6. The van der Waals surface area contributed by atoms with Gasteiger partial charge in [0, 0.05) is 22.4 Å². The van der Waals surface area contributed by atoms with Gasteiger partial charge in [-0.25, -0.2) is 12.8 Å². The van der Waals surface area contributed by atoms with Gasteiger partial charge in [0.1, 0.15) is 10.7 Å². The zero-order valence-corrected chi connectivity index (χ0v) is 26.0. The number of pyridine rings is 1.